The quantitative estimate of drug-likeness (QED) is 0.572. The monoisotopic (exact) mass is 160 g/mol. The second-order valence-corrected chi connectivity index (χ2v) is 4.41. The standard InChI is InChI=1S/C7H12O2S/c1-5(2)10-6-3-4-9-7(6)8/h5-6H,3-4H2,1-2H3. The minimum atomic E-state index is -0.0290. The van der Waals surface area contributed by atoms with E-state index < -0.39 is 0 Å². The Kier molecular flexibility index (Phi) is 2.60. The lowest BCUT2D eigenvalue weighted by Crippen LogP contribution is -2.12. The molecule has 1 aliphatic rings. The Bertz CT molecular complexity index is 134. The van der Waals surface area contributed by atoms with Crippen molar-refractivity contribution >= 4 is 17.7 Å². The molecule has 1 rings (SSSR count). The SMILES string of the molecule is CC(C)SC1CCOC1=O. The van der Waals surface area contributed by atoms with Crippen LogP contribution in [-0.4, -0.2) is 23.1 Å². The van der Waals surface area contributed by atoms with Crippen molar-refractivity contribution < 1.29 is 9.53 Å². The molecule has 1 fully saturated rings. The summed E-state index contributed by atoms with van der Waals surface area (Å²) in [6.07, 6.45) is 0.891. The molecule has 58 valence electrons. The lowest BCUT2D eigenvalue weighted by Gasteiger charge is -2.06. The molecular weight excluding hydrogens is 148 g/mol. The molecule has 1 heterocycles. The molecular formula is C7H12O2S. The third-order valence-corrected chi connectivity index (χ3v) is 2.62. The normalized spacial score (nSPS) is 25.5. The number of carbonyl (C=O) groups excluding carboxylic acids is 1. The molecule has 10 heavy (non-hydrogen) atoms. The maximum absolute atomic E-state index is 10.9. The number of hydrogen-bond donors (Lipinski definition) is 0. The Morgan fingerprint density at radius 2 is 2.40 bits per heavy atom. The van der Waals surface area contributed by atoms with Gasteiger partial charge in [0.15, 0.2) is 0 Å². The van der Waals surface area contributed by atoms with Crippen LogP contribution in [-0.2, 0) is 9.53 Å². The average molecular weight is 160 g/mol. The largest absolute Gasteiger partial charge is 0.465 e. The van der Waals surface area contributed by atoms with Crippen LogP contribution in [0.2, 0.25) is 0 Å². The summed E-state index contributed by atoms with van der Waals surface area (Å²) in [6.45, 7) is 4.80. The van der Waals surface area contributed by atoms with E-state index in [2.05, 4.69) is 13.8 Å². The molecule has 0 aromatic rings. The highest BCUT2D eigenvalue weighted by Crippen LogP contribution is 2.25. The predicted molar refractivity (Wildman–Crippen MR) is 42.1 cm³/mol. The van der Waals surface area contributed by atoms with Crippen LogP contribution in [0.25, 0.3) is 0 Å². The number of cyclic esters (lactones) is 1. The molecule has 1 saturated heterocycles. The first-order valence-corrected chi connectivity index (χ1v) is 4.46. The summed E-state index contributed by atoms with van der Waals surface area (Å²) in [5.74, 6) is -0.0290. The molecule has 0 spiro atoms. The first kappa shape index (κ1) is 7.92. The van der Waals surface area contributed by atoms with Gasteiger partial charge in [-0.05, 0) is 5.25 Å². The van der Waals surface area contributed by atoms with Gasteiger partial charge in [0, 0.05) is 6.42 Å². The Hall–Kier alpha value is -0.180. The van der Waals surface area contributed by atoms with Gasteiger partial charge in [-0.1, -0.05) is 13.8 Å². The first-order valence-electron chi connectivity index (χ1n) is 3.52. The summed E-state index contributed by atoms with van der Waals surface area (Å²) in [7, 11) is 0. The van der Waals surface area contributed by atoms with Gasteiger partial charge in [-0.3, -0.25) is 4.79 Å². The van der Waals surface area contributed by atoms with Crippen molar-refractivity contribution in [3.8, 4) is 0 Å². The van der Waals surface area contributed by atoms with E-state index >= 15 is 0 Å². The zero-order valence-corrected chi connectivity index (χ0v) is 7.11. The van der Waals surface area contributed by atoms with Crippen molar-refractivity contribution in [2.24, 2.45) is 0 Å². The number of rotatable bonds is 2. The Balaban J connectivity index is 2.33. The van der Waals surface area contributed by atoms with Crippen LogP contribution in [0.5, 0.6) is 0 Å². The molecule has 3 heteroatoms. The molecule has 0 bridgehead atoms. The zero-order valence-electron chi connectivity index (χ0n) is 6.29. The number of esters is 1. The lowest BCUT2D eigenvalue weighted by atomic mass is 10.4. The summed E-state index contributed by atoms with van der Waals surface area (Å²) < 4.78 is 4.81. The van der Waals surface area contributed by atoms with Crippen LogP contribution in [0.4, 0.5) is 0 Å². The van der Waals surface area contributed by atoms with E-state index in [-0.39, 0.29) is 11.2 Å². The van der Waals surface area contributed by atoms with Crippen molar-refractivity contribution in [1.29, 1.82) is 0 Å². The predicted octanol–water partition coefficient (Wildman–Crippen LogP) is 1.44. The van der Waals surface area contributed by atoms with Crippen molar-refractivity contribution in [3.63, 3.8) is 0 Å². The first-order chi connectivity index (χ1) is 4.70. The van der Waals surface area contributed by atoms with Crippen molar-refractivity contribution in [2.75, 3.05) is 6.61 Å². The Morgan fingerprint density at radius 1 is 1.70 bits per heavy atom. The van der Waals surface area contributed by atoms with Gasteiger partial charge in [0.1, 0.15) is 5.25 Å². The molecule has 0 N–H and O–H groups in total. The zero-order chi connectivity index (χ0) is 7.56. The van der Waals surface area contributed by atoms with Crippen LogP contribution < -0.4 is 0 Å². The molecule has 2 nitrogen and oxygen atoms in total. The number of thioether (sulfide) groups is 1. The van der Waals surface area contributed by atoms with Crippen LogP contribution in [0, 0.1) is 0 Å². The average Bonchev–Trinajstić information content (AvgIpc) is 2.15. The van der Waals surface area contributed by atoms with E-state index in [1.807, 2.05) is 0 Å². The molecule has 0 saturated carbocycles. The minimum absolute atomic E-state index is 0.0290. The summed E-state index contributed by atoms with van der Waals surface area (Å²) in [6, 6.07) is 0. The van der Waals surface area contributed by atoms with E-state index in [9.17, 15) is 4.79 Å². The number of carbonyl (C=O) groups is 1. The van der Waals surface area contributed by atoms with Gasteiger partial charge in [0.05, 0.1) is 6.61 Å². The van der Waals surface area contributed by atoms with Gasteiger partial charge in [0.25, 0.3) is 0 Å². The van der Waals surface area contributed by atoms with E-state index in [4.69, 9.17) is 4.74 Å². The highest BCUT2D eigenvalue weighted by Gasteiger charge is 2.27. The van der Waals surface area contributed by atoms with Gasteiger partial charge in [-0.25, -0.2) is 0 Å². The van der Waals surface area contributed by atoms with E-state index in [0.717, 1.165) is 6.42 Å². The Labute approximate surface area is 65.3 Å². The molecule has 1 unspecified atom stereocenters. The molecule has 0 aliphatic carbocycles. The number of hydrogen-bond acceptors (Lipinski definition) is 3. The summed E-state index contributed by atoms with van der Waals surface area (Å²) in [5.41, 5.74) is 0. The third-order valence-electron chi connectivity index (χ3n) is 1.32. The van der Waals surface area contributed by atoms with Crippen LogP contribution in [0.1, 0.15) is 20.3 Å². The van der Waals surface area contributed by atoms with Crippen LogP contribution in [0.15, 0.2) is 0 Å². The maximum Gasteiger partial charge on any atom is 0.319 e. The summed E-state index contributed by atoms with van der Waals surface area (Å²) >= 11 is 1.70. The van der Waals surface area contributed by atoms with Gasteiger partial charge in [-0.15, -0.1) is 11.8 Å². The fraction of sp³-hybridized carbons (Fsp3) is 0.857. The van der Waals surface area contributed by atoms with Crippen LogP contribution >= 0.6 is 11.8 Å². The van der Waals surface area contributed by atoms with Crippen molar-refractivity contribution in [3.05, 3.63) is 0 Å². The smallest absolute Gasteiger partial charge is 0.319 e. The second kappa shape index (κ2) is 3.28. The fourth-order valence-electron chi connectivity index (χ4n) is 0.929. The lowest BCUT2D eigenvalue weighted by molar-refractivity contribution is -0.137. The third kappa shape index (κ3) is 1.90. The van der Waals surface area contributed by atoms with Crippen molar-refractivity contribution in [2.45, 2.75) is 30.8 Å². The van der Waals surface area contributed by atoms with Gasteiger partial charge >= 0.3 is 5.97 Å². The highest BCUT2D eigenvalue weighted by atomic mass is 32.2. The Morgan fingerprint density at radius 3 is 2.80 bits per heavy atom. The molecule has 0 amide bonds. The fourth-order valence-corrected chi connectivity index (χ4v) is 2.00. The van der Waals surface area contributed by atoms with Crippen LogP contribution in [0.3, 0.4) is 0 Å². The maximum atomic E-state index is 10.9. The van der Waals surface area contributed by atoms with Gasteiger partial charge in [-0.2, -0.15) is 0 Å². The molecule has 1 atom stereocenters. The molecule has 1 aliphatic heterocycles. The number of ether oxygens (including phenoxy) is 1. The topological polar surface area (TPSA) is 26.3 Å². The second-order valence-electron chi connectivity index (χ2n) is 2.63. The van der Waals surface area contributed by atoms with Crippen molar-refractivity contribution in [1.82, 2.24) is 0 Å². The minimum Gasteiger partial charge on any atom is -0.465 e. The van der Waals surface area contributed by atoms with E-state index in [1.165, 1.54) is 0 Å². The van der Waals surface area contributed by atoms with E-state index in [1.54, 1.807) is 11.8 Å². The van der Waals surface area contributed by atoms with Gasteiger partial charge < -0.3 is 4.74 Å². The van der Waals surface area contributed by atoms with Gasteiger partial charge in [0.2, 0.25) is 0 Å². The molecule has 0 aromatic carbocycles. The van der Waals surface area contributed by atoms with E-state index in [0.29, 0.717) is 11.9 Å². The molecule has 0 aromatic heterocycles. The summed E-state index contributed by atoms with van der Waals surface area (Å²) in [4.78, 5) is 10.9. The molecule has 0 radical (unpaired) electrons. The summed E-state index contributed by atoms with van der Waals surface area (Å²) in [5, 5.41) is 0.635. The highest BCUT2D eigenvalue weighted by molar-refractivity contribution is 8.01.